The maximum Gasteiger partial charge on any atom is 0.252 e. The largest absolute Gasteiger partial charge is 0.359 e. The molecular weight excluding hydrogens is 382 g/mol. The van der Waals surface area contributed by atoms with E-state index in [9.17, 15) is 4.79 Å². The van der Waals surface area contributed by atoms with Crippen molar-refractivity contribution in [2.24, 2.45) is 0 Å². The SMILES string of the molecule is O=C(COC(c1ccccc1)c1ccccc1)Nc1nc(-c2ccccn2)cs1. The number of thiazole rings is 1. The molecule has 6 heteroatoms. The van der Waals surface area contributed by atoms with Gasteiger partial charge in [0.15, 0.2) is 5.13 Å². The number of nitrogens with zero attached hydrogens (tertiary/aromatic N) is 2. The molecule has 0 bridgehead atoms. The van der Waals surface area contributed by atoms with Crippen LogP contribution in [0.15, 0.2) is 90.4 Å². The molecule has 4 rings (SSSR count). The number of aromatic nitrogens is 2. The number of benzene rings is 2. The normalized spacial score (nSPS) is 10.8. The molecule has 0 fully saturated rings. The lowest BCUT2D eigenvalue weighted by atomic mass is 10.0. The van der Waals surface area contributed by atoms with Gasteiger partial charge in [-0.3, -0.25) is 15.1 Å². The molecular formula is C23H19N3O2S. The summed E-state index contributed by atoms with van der Waals surface area (Å²) in [5.41, 5.74) is 3.50. The molecule has 29 heavy (non-hydrogen) atoms. The van der Waals surface area contributed by atoms with Crippen molar-refractivity contribution in [2.45, 2.75) is 6.10 Å². The average molecular weight is 401 g/mol. The van der Waals surface area contributed by atoms with Crippen LogP contribution in [0.3, 0.4) is 0 Å². The summed E-state index contributed by atoms with van der Waals surface area (Å²) in [6.07, 6.45) is 1.40. The summed E-state index contributed by atoms with van der Waals surface area (Å²) in [5, 5.41) is 5.20. The van der Waals surface area contributed by atoms with Gasteiger partial charge in [-0.1, -0.05) is 66.7 Å². The maximum absolute atomic E-state index is 12.4. The Bertz CT molecular complexity index is 1010. The first-order chi connectivity index (χ1) is 14.3. The van der Waals surface area contributed by atoms with E-state index in [1.807, 2.05) is 84.2 Å². The molecule has 1 N–H and O–H groups in total. The van der Waals surface area contributed by atoms with Gasteiger partial charge in [-0.15, -0.1) is 11.3 Å². The summed E-state index contributed by atoms with van der Waals surface area (Å²) in [6, 6.07) is 25.4. The second-order valence-corrected chi connectivity index (χ2v) is 7.17. The second-order valence-electron chi connectivity index (χ2n) is 6.31. The molecule has 4 aromatic rings. The molecule has 2 aromatic heterocycles. The fourth-order valence-corrected chi connectivity index (χ4v) is 3.64. The molecule has 2 heterocycles. The third-order valence-corrected chi connectivity index (χ3v) is 5.02. The second kappa shape index (κ2) is 9.23. The van der Waals surface area contributed by atoms with Gasteiger partial charge in [-0.05, 0) is 23.3 Å². The topological polar surface area (TPSA) is 64.1 Å². The zero-order valence-electron chi connectivity index (χ0n) is 15.6. The number of hydrogen-bond acceptors (Lipinski definition) is 5. The van der Waals surface area contributed by atoms with E-state index in [-0.39, 0.29) is 18.6 Å². The van der Waals surface area contributed by atoms with E-state index in [2.05, 4.69) is 15.3 Å². The lowest BCUT2D eigenvalue weighted by molar-refractivity contribution is -0.121. The summed E-state index contributed by atoms with van der Waals surface area (Å²) in [6.45, 7) is -0.0764. The first-order valence-electron chi connectivity index (χ1n) is 9.18. The van der Waals surface area contributed by atoms with E-state index in [4.69, 9.17) is 4.74 Å². The smallest absolute Gasteiger partial charge is 0.252 e. The van der Waals surface area contributed by atoms with Gasteiger partial charge in [0.25, 0.3) is 5.91 Å². The third-order valence-electron chi connectivity index (χ3n) is 4.26. The minimum Gasteiger partial charge on any atom is -0.359 e. The Morgan fingerprint density at radius 2 is 1.55 bits per heavy atom. The number of pyridine rings is 1. The molecule has 144 valence electrons. The van der Waals surface area contributed by atoms with Crippen LogP contribution in [0.5, 0.6) is 0 Å². The van der Waals surface area contributed by atoms with E-state index < -0.39 is 0 Å². The van der Waals surface area contributed by atoms with Crippen molar-refractivity contribution in [2.75, 3.05) is 11.9 Å². The summed E-state index contributed by atoms with van der Waals surface area (Å²) < 4.78 is 5.99. The van der Waals surface area contributed by atoms with Crippen LogP contribution >= 0.6 is 11.3 Å². The number of rotatable bonds is 7. The summed E-state index contributed by atoms with van der Waals surface area (Å²) in [7, 11) is 0. The number of nitrogens with one attached hydrogen (secondary N) is 1. The number of hydrogen-bond donors (Lipinski definition) is 1. The summed E-state index contributed by atoms with van der Waals surface area (Å²) >= 11 is 1.36. The number of carbonyl (C=O) groups excluding carboxylic acids is 1. The Balaban J connectivity index is 1.42. The Kier molecular flexibility index (Phi) is 6.04. The first kappa shape index (κ1) is 19.0. The van der Waals surface area contributed by atoms with Crippen LogP contribution < -0.4 is 5.32 Å². The van der Waals surface area contributed by atoms with E-state index in [1.54, 1.807) is 6.20 Å². The number of amides is 1. The molecule has 0 spiro atoms. The van der Waals surface area contributed by atoms with Gasteiger partial charge in [0.2, 0.25) is 0 Å². The van der Waals surface area contributed by atoms with Crippen molar-refractivity contribution >= 4 is 22.4 Å². The molecule has 0 aliphatic rings. The Morgan fingerprint density at radius 3 is 2.17 bits per heavy atom. The van der Waals surface area contributed by atoms with Crippen molar-refractivity contribution < 1.29 is 9.53 Å². The van der Waals surface area contributed by atoms with Gasteiger partial charge in [0.1, 0.15) is 18.4 Å². The van der Waals surface area contributed by atoms with Gasteiger partial charge in [0.05, 0.1) is 5.69 Å². The van der Waals surface area contributed by atoms with E-state index in [0.717, 1.165) is 22.5 Å². The molecule has 0 unspecified atom stereocenters. The van der Waals surface area contributed by atoms with Gasteiger partial charge in [-0.2, -0.15) is 0 Å². The van der Waals surface area contributed by atoms with Gasteiger partial charge < -0.3 is 4.74 Å². The molecule has 2 aromatic carbocycles. The quantitative estimate of drug-likeness (QED) is 0.476. The van der Waals surface area contributed by atoms with Crippen LogP contribution in [0.2, 0.25) is 0 Å². The zero-order chi connectivity index (χ0) is 19.9. The Labute approximate surface area is 173 Å². The maximum atomic E-state index is 12.4. The van der Waals surface area contributed by atoms with Gasteiger partial charge >= 0.3 is 0 Å². The highest BCUT2D eigenvalue weighted by molar-refractivity contribution is 7.14. The van der Waals surface area contributed by atoms with Crippen molar-refractivity contribution in [3.05, 3.63) is 102 Å². The lowest BCUT2D eigenvalue weighted by Gasteiger charge is -2.18. The molecule has 0 atom stereocenters. The highest BCUT2D eigenvalue weighted by atomic mass is 32.1. The van der Waals surface area contributed by atoms with Crippen molar-refractivity contribution in [1.82, 2.24) is 9.97 Å². The van der Waals surface area contributed by atoms with Crippen LogP contribution in [-0.2, 0) is 9.53 Å². The molecule has 0 saturated carbocycles. The molecule has 0 radical (unpaired) electrons. The van der Waals surface area contributed by atoms with Gasteiger partial charge in [0, 0.05) is 11.6 Å². The fraction of sp³-hybridized carbons (Fsp3) is 0.0870. The van der Waals surface area contributed by atoms with Crippen LogP contribution in [-0.4, -0.2) is 22.5 Å². The Morgan fingerprint density at radius 1 is 0.897 bits per heavy atom. The zero-order valence-corrected chi connectivity index (χ0v) is 16.4. The third kappa shape index (κ3) is 4.93. The predicted molar refractivity (Wildman–Crippen MR) is 115 cm³/mol. The minimum atomic E-state index is -0.316. The minimum absolute atomic E-state index is 0.0764. The van der Waals surface area contributed by atoms with Crippen LogP contribution in [0.25, 0.3) is 11.4 Å². The summed E-state index contributed by atoms with van der Waals surface area (Å²) in [4.78, 5) is 21.1. The highest BCUT2D eigenvalue weighted by Gasteiger charge is 2.17. The molecule has 1 amide bonds. The van der Waals surface area contributed by atoms with Crippen LogP contribution in [0, 0.1) is 0 Å². The molecule has 0 saturated heterocycles. The van der Waals surface area contributed by atoms with E-state index in [0.29, 0.717) is 5.13 Å². The lowest BCUT2D eigenvalue weighted by Crippen LogP contribution is -2.20. The van der Waals surface area contributed by atoms with Crippen LogP contribution in [0.1, 0.15) is 17.2 Å². The standard InChI is InChI=1S/C23H19N3O2S/c27-21(26-23-25-20(16-29-23)19-13-7-8-14-24-19)15-28-22(17-9-3-1-4-10-17)18-11-5-2-6-12-18/h1-14,16,22H,15H2,(H,25,26,27). The number of anilines is 1. The van der Waals surface area contributed by atoms with Crippen molar-refractivity contribution in [1.29, 1.82) is 0 Å². The highest BCUT2D eigenvalue weighted by Crippen LogP contribution is 2.26. The van der Waals surface area contributed by atoms with E-state index in [1.165, 1.54) is 11.3 Å². The number of ether oxygens (including phenoxy) is 1. The van der Waals surface area contributed by atoms with Crippen LogP contribution in [0.4, 0.5) is 5.13 Å². The fourth-order valence-electron chi connectivity index (χ4n) is 2.92. The molecule has 5 nitrogen and oxygen atoms in total. The molecule has 0 aliphatic heterocycles. The monoisotopic (exact) mass is 401 g/mol. The van der Waals surface area contributed by atoms with Gasteiger partial charge in [-0.25, -0.2) is 4.98 Å². The predicted octanol–water partition coefficient (Wildman–Crippen LogP) is 4.95. The summed E-state index contributed by atoms with van der Waals surface area (Å²) in [5.74, 6) is -0.246. The van der Waals surface area contributed by atoms with Crippen molar-refractivity contribution in [3.8, 4) is 11.4 Å². The average Bonchev–Trinajstić information content (AvgIpc) is 3.24. The molecule has 0 aliphatic carbocycles. The van der Waals surface area contributed by atoms with Crippen molar-refractivity contribution in [3.63, 3.8) is 0 Å². The van der Waals surface area contributed by atoms with E-state index >= 15 is 0 Å². The Hall–Kier alpha value is -3.35. The number of carbonyl (C=O) groups is 1. The first-order valence-corrected chi connectivity index (χ1v) is 10.1.